The lowest BCUT2D eigenvalue weighted by molar-refractivity contribution is 0.161. The highest BCUT2D eigenvalue weighted by Gasteiger charge is 2.39. The predicted molar refractivity (Wildman–Crippen MR) is 105 cm³/mol. The third-order valence-corrected chi connectivity index (χ3v) is 5.65. The Labute approximate surface area is 160 Å². The minimum Gasteiger partial charge on any atom is -0.381 e. The first kappa shape index (κ1) is 17.7. The van der Waals surface area contributed by atoms with E-state index in [1.807, 2.05) is 12.1 Å². The number of likely N-dealkylation sites (N-methyl/N-ethyl adjacent to an activating group) is 1. The Morgan fingerprint density at radius 3 is 2.77 bits per heavy atom. The lowest BCUT2D eigenvalue weighted by atomic mass is 10.1. The molecular formula is C20H27ClN4O. The number of benzene rings is 1. The van der Waals surface area contributed by atoms with Crippen LogP contribution >= 0.6 is 11.6 Å². The van der Waals surface area contributed by atoms with Crippen LogP contribution in [0.1, 0.15) is 25.3 Å². The van der Waals surface area contributed by atoms with Gasteiger partial charge in [-0.15, -0.1) is 0 Å². The number of fused-ring (bicyclic) bond motifs is 1. The summed E-state index contributed by atoms with van der Waals surface area (Å²) in [6.07, 6.45) is 4.69. The van der Waals surface area contributed by atoms with Crippen LogP contribution in [0.2, 0.25) is 5.02 Å². The zero-order valence-electron chi connectivity index (χ0n) is 15.6. The molecule has 1 aromatic carbocycles. The van der Waals surface area contributed by atoms with Crippen LogP contribution in [0.5, 0.6) is 0 Å². The molecule has 0 bridgehead atoms. The van der Waals surface area contributed by atoms with Crippen molar-refractivity contribution in [2.45, 2.75) is 32.5 Å². The molecule has 0 saturated carbocycles. The molecule has 0 radical (unpaired) electrons. The van der Waals surface area contributed by atoms with Gasteiger partial charge in [0.25, 0.3) is 0 Å². The van der Waals surface area contributed by atoms with Gasteiger partial charge in [-0.3, -0.25) is 0 Å². The number of hydrogen-bond donors (Lipinski definition) is 0. The second-order valence-corrected chi connectivity index (χ2v) is 7.83. The summed E-state index contributed by atoms with van der Waals surface area (Å²) in [5, 5.41) is 0.782. The van der Waals surface area contributed by atoms with E-state index in [1.54, 1.807) is 0 Å². The van der Waals surface area contributed by atoms with Crippen LogP contribution in [0.15, 0.2) is 41.2 Å². The average molecular weight is 375 g/mol. The first-order chi connectivity index (χ1) is 12.7. The standard InChI is InChI=1S/C20H27ClN4O/c1-3-9-25-14-24(11-15-4-6-17(21)7-5-15)12-18-20(25)22-19(23(18)2)16-8-10-26-13-16/h4-7,12,16,19H,3,8-11,13-14H2,1-2H3. The number of rotatable bonds is 5. The van der Waals surface area contributed by atoms with Crippen molar-refractivity contribution in [3.63, 3.8) is 0 Å². The van der Waals surface area contributed by atoms with Gasteiger partial charge in [-0.1, -0.05) is 30.7 Å². The molecule has 1 aromatic rings. The van der Waals surface area contributed by atoms with Gasteiger partial charge in [0, 0.05) is 43.9 Å². The van der Waals surface area contributed by atoms with Crippen molar-refractivity contribution in [2.24, 2.45) is 10.9 Å². The van der Waals surface area contributed by atoms with Gasteiger partial charge in [-0.25, -0.2) is 4.99 Å². The van der Waals surface area contributed by atoms with Gasteiger partial charge in [0.2, 0.25) is 0 Å². The molecule has 26 heavy (non-hydrogen) atoms. The quantitative estimate of drug-likeness (QED) is 0.790. The summed E-state index contributed by atoms with van der Waals surface area (Å²) in [4.78, 5) is 12.2. The maximum Gasteiger partial charge on any atom is 0.152 e. The third-order valence-electron chi connectivity index (χ3n) is 5.40. The third kappa shape index (κ3) is 3.42. The number of hydrogen-bond acceptors (Lipinski definition) is 5. The van der Waals surface area contributed by atoms with Crippen LogP contribution in [-0.4, -0.2) is 60.2 Å². The number of aliphatic imine (C=N–C) groups is 1. The summed E-state index contributed by atoms with van der Waals surface area (Å²) in [6, 6.07) is 8.13. The molecule has 1 fully saturated rings. The maximum absolute atomic E-state index is 6.02. The number of nitrogens with zero attached hydrogens (tertiary/aromatic N) is 4. The SMILES string of the molecule is CCCN1CN(Cc2ccc(Cl)cc2)C=C2C1=NC(C1CCOC1)N2C. The van der Waals surface area contributed by atoms with E-state index in [2.05, 4.69) is 47.0 Å². The van der Waals surface area contributed by atoms with E-state index < -0.39 is 0 Å². The minimum absolute atomic E-state index is 0.202. The molecule has 140 valence electrons. The van der Waals surface area contributed by atoms with E-state index in [0.29, 0.717) is 5.92 Å². The Morgan fingerprint density at radius 1 is 1.27 bits per heavy atom. The van der Waals surface area contributed by atoms with E-state index >= 15 is 0 Å². The Morgan fingerprint density at radius 2 is 2.08 bits per heavy atom. The van der Waals surface area contributed by atoms with Crippen molar-refractivity contribution < 1.29 is 4.74 Å². The van der Waals surface area contributed by atoms with Crippen LogP contribution in [0.3, 0.4) is 0 Å². The molecule has 4 rings (SSSR count). The zero-order valence-corrected chi connectivity index (χ0v) is 16.3. The van der Waals surface area contributed by atoms with E-state index in [0.717, 1.165) is 56.7 Å². The first-order valence-electron chi connectivity index (χ1n) is 9.49. The summed E-state index contributed by atoms with van der Waals surface area (Å²) in [6.45, 7) is 6.68. The van der Waals surface area contributed by atoms with Crippen molar-refractivity contribution >= 4 is 17.4 Å². The van der Waals surface area contributed by atoms with Crippen LogP contribution in [0.4, 0.5) is 0 Å². The highest BCUT2D eigenvalue weighted by atomic mass is 35.5. The molecule has 3 aliphatic rings. The topological polar surface area (TPSA) is 31.3 Å². The van der Waals surface area contributed by atoms with E-state index in [-0.39, 0.29) is 6.17 Å². The number of halogens is 1. The fourth-order valence-corrected chi connectivity index (χ4v) is 4.17. The van der Waals surface area contributed by atoms with Gasteiger partial charge in [-0.05, 0) is 30.5 Å². The summed E-state index contributed by atoms with van der Waals surface area (Å²) in [5.41, 5.74) is 2.50. The predicted octanol–water partition coefficient (Wildman–Crippen LogP) is 3.37. The number of amidine groups is 1. The molecule has 3 heterocycles. The van der Waals surface area contributed by atoms with Crippen molar-refractivity contribution in [2.75, 3.05) is 33.5 Å². The number of ether oxygens (including phenoxy) is 1. The fraction of sp³-hybridized carbons (Fsp3) is 0.550. The second-order valence-electron chi connectivity index (χ2n) is 7.39. The van der Waals surface area contributed by atoms with E-state index in [9.17, 15) is 0 Å². The smallest absolute Gasteiger partial charge is 0.152 e. The van der Waals surface area contributed by atoms with E-state index in [4.69, 9.17) is 21.3 Å². The zero-order chi connectivity index (χ0) is 18.1. The molecule has 3 aliphatic heterocycles. The monoisotopic (exact) mass is 374 g/mol. The van der Waals surface area contributed by atoms with Crippen LogP contribution < -0.4 is 0 Å². The maximum atomic E-state index is 6.02. The van der Waals surface area contributed by atoms with Crippen molar-refractivity contribution in [3.8, 4) is 0 Å². The van der Waals surface area contributed by atoms with Crippen molar-refractivity contribution in [1.82, 2.24) is 14.7 Å². The van der Waals surface area contributed by atoms with Crippen molar-refractivity contribution in [1.29, 1.82) is 0 Å². The highest BCUT2D eigenvalue weighted by molar-refractivity contribution is 6.30. The molecule has 2 atom stereocenters. The molecule has 0 N–H and O–H groups in total. The van der Waals surface area contributed by atoms with Gasteiger partial charge in [0.05, 0.1) is 19.0 Å². The Kier molecular flexibility index (Phi) is 5.09. The molecule has 0 aliphatic carbocycles. The van der Waals surface area contributed by atoms with Gasteiger partial charge >= 0.3 is 0 Å². The molecule has 6 heteroatoms. The van der Waals surface area contributed by atoms with E-state index in [1.165, 1.54) is 11.3 Å². The molecule has 0 spiro atoms. The Bertz CT molecular complexity index is 696. The molecule has 0 aromatic heterocycles. The lowest BCUT2D eigenvalue weighted by Gasteiger charge is -2.37. The van der Waals surface area contributed by atoms with Crippen LogP contribution in [-0.2, 0) is 11.3 Å². The second kappa shape index (κ2) is 7.49. The van der Waals surface area contributed by atoms with Gasteiger partial charge in [0.1, 0.15) is 6.17 Å². The Hall–Kier alpha value is -1.72. The summed E-state index contributed by atoms with van der Waals surface area (Å²) < 4.78 is 5.61. The fourth-order valence-electron chi connectivity index (χ4n) is 4.05. The lowest BCUT2D eigenvalue weighted by Crippen LogP contribution is -2.45. The average Bonchev–Trinajstić information content (AvgIpc) is 3.26. The molecule has 0 amide bonds. The Balaban J connectivity index is 1.57. The summed E-state index contributed by atoms with van der Waals surface area (Å²) in [5.74, 6) is 1.64. The van der Waals surface area contributed by atoms with Crippen LogP contribution in [0, 0.1) is 5.92 Å². The normalized spacial score (nSPS) is 25.4. The van der Waals surface area contributed by atoms with Crippen LogP contribution in [0.25, 0.3) is 0 Å². The first-order valence-corrected chi connectivity index (χ1v) is 9.87. The highest BCUT2D eigenvalue weighted by Crippen LogP contribution is 2.32. The minimum atomic E-state index is 0.202. The molecule has 5 nitrogen and oxygen atoms in total. The summed E-state index contributed by atoms with van der Waals surface area (Å²) >= 11 is 6.02. The van der Waals surface area contributed by atoms with Gasteiger partial charge in [0.15, 0.2) is 5.84 Å². The van der Waals surface area contributed by atoms with Gasteiger partial charge in [-0.2, -0.15) is 0 Å². The molecular weight excluding hydrogens is 348 g/mol. The van der Waals surface area contributed by atoms with Crippen molar-refractivity contribution in [3.05, 3.63) is 46.7 Å². The summed E-state index contributed by atoms with van der Waals surface area (Å²) in [7, 11) is 2.17. The van der Waals surface area contributed by atoms with Gasteiger partial charge < -0.3 is 19.4 Å². The molecule has 1 saturated heterocycles. The molecule has 2 unspecified atom stereocenters. The largest absolute Gasteiger partial charge is 0.381 e.